The zero-order valence-corrected chi connectivity index (χ0v) is 11.5. The highest BCUT2D eigenvalue weighted by Gasteiger charge is 2.00. The van der Waals surface area contributed by atoms with Crippen molar-refractivity contribution >= 4 is 27.3 Å². The van der Waals surface area contributed by atoms with E-state index in [4.69, 9.17) is 4.99 Å². The van der Waals surface area contributed by atoms with Crippen LogP contribution < -0.4 is 0 Å². The highest BCUT2D eigenvalue weighted by atomic mass is 79.9. The summed E-state index contributed by atoms with van der Waals surface area (Å²) in [4.78, 5) is 4.70. The van der Waals surface area contributed by atoms with Crippen LogP contribution in [0.3, 0.4) is 0 Å². The molecule has 0 aliphatic heterocycles. The highest BCUT2D eigenvalue weighted by Crippen LogP contribution is 2.23. The van der Waals surface area contributed by atoms with Gasteiger partial charge in [-0.25, -0.2) is 0 Å². The van der Waals surface area contributed by atoms with E-state index < -0.39 is 0 Å². The lowest BCUT2D eigenvalue weighted by Gasteiger charge is -2.05. The Morgan fingerprint density at radius 2 is 2.25 bits per heavy atom. The molecule has 0 aromatic heterocycles. The Balaban J connectivity index is 2.97. The summed E-state index contributed by atoms with van der Waals surface area (Å²) in [6.07, 6.45) is 4.97. The van der Waals surface area contributed by atoms with Crippen LogP contribution in [0.4, 0.5) is 5.69 Å². The van der Waals surface area contributed by atoms with E-state index in [0.717, 1.165) is 29.4 Å². The molecule has 0 unspecified atom stereocenters. The van der Waals surface area contributed by atoms with E-state index in [1.807, 2.05) is 12.1 Å². The van der Waals surface area contributed by atoms with E-state index in [-0.39, 0.29) is 0 Å². The number of hydrogen-bond acceptors (Lipinski definition) is 1. The van der Waals surface area contributed by atoms with Crippen LogP contribution in [0.2, 0.25) is 0 Å². The Labute approximate surface area is 106 Å². The minimum absolute atomic E-state index is 0.878. The monoisotopic (exact) mass is 279 g/mol. The minimum Gasteiger partial charge on any atom is -0.257 e. The zero-order chi connectivity index (χ0) is 12.0. The number of hydrogen-bond donors (Lipinski definition) is 0. The molecule has 0 bridgehead atoms. The lowest BCUT2D eigenvalue weighted by atomic mass is 10.1. The molecule has 0 saturated heterocycles. The topological polar surface area (TPSA) is 12.4 Å². The first-order valence-corrected chi connectivity index (χ1v) is 6.40. The fraction of sp³-hybridized carbons (Fsp3) is 0.357. The van der Waals surface area contributed by atoms with Gasteiger partial charge in [-0.2, -0.15) is 0 Å². The average Bonchev–Trinajstić information content (AvgIpc) is 2.23. The summed E-state index contributed by atoms with van der Waals surface area (Å²) in [6, 6.07) is 6.18. The van der Waals surface area contributed by atoms with Crippen molar-refractivity contribution in [3.05, 3.63) is 40.9 Å². The minimum atomic E-state index is 0.878. The first-order chi connectivity index (χ1) is 7.67. The Hall–Kier alpha value is -0.890. The van der Waals surface area contributed by atoms with Gasteiger partial charge in [0.05, 0.1) is 5.69 Å². The van der Waals surface area contributed by atoms with Crippen LogP contribution in [0, 0.1) is 6.92 Å². The first-order valence-electron chi connectivity index (χ1n) is 5.60. The van der Waals surface area contributed by atoms with Crippen LogP contribution in [0.25, 0.3) is 0 Å². The van der Waals surface area contributed by atoms with Gasteiger partial charge in [0.2, 0.25) is 0 Å². The molecule has 0 spiro atoms. The normalized spacial score (nSPS) is 11.6. The quantitative estimate of drug-likeness (QED) is 0.519. The van der Waals surface area contributed by atoms with Gasteiger partial charge in [-0.15, -0.1) is 6.58 Å². The van der Waals surface area contributed by atoms with Crippen molar-refractivity contribution in [2.45, 2.75) is 33.1 Å². The first kappa shape index (κ1) is 13.2. The fourth-order valence-corrected chi connectivity index (χ4v) is 2.05. The molecule has 0 atom stereocenters. The predicted molar refractivity (Wildman–Crippen MR) is 75.7 cm³/mol. The predicted octanol–water partition coefficient (Wildman–Crippen LogP) is 5.21. The average molecular weight is 280 g/mol. The van der Waals surface area contributed by atoms with Gasteiger partial charge in [-0.3, -0.25) is 4.99 Å². The van der Waals surface area contributed by atoms with Gasteiger partial charge in [0.25, 0.3) is 0 Å². The maximum atomic E-state index is 4.70. The molecule has 0 aliphatic carbocycles. The smallest absolute Gasteiger partial charge is 0.0659 e. The van der Waals surface area contributed by atoms with Gasteiger partial charge in [-0.05, 0) is 37.1 Å². The van der Waals surface area contributed by atoms with Gasteiger partial charge in [0.1, 0.15) is 0 Å². The van der Waals surface area contributed by atoms with Crippen LogP contribution in [-0.4, -0.2) is 5.71 Å². The van der Waals surface area contributed by atoms with Crippen molar-refractivity contribution in [3.63, 3.8) is 0 Å². The van der Waals surface area contributed by atoms with Crippen LogP contribution in [0.5, 0.6) is 0 Å². The molecule has 86 valence electrons. The molecule has 0 aliphatic rings. The van der Waals surface area contributed by atoms with Crippen molar-refractivity contribution in [2.24, 2.45) is 4.99 Å². The molecular formula is C14H18BrN. The Bertz CT molecular complexity index is 394. The molecule has 0 heterocycles. The molecule has 1 aromatic carbocycles. The summed E-state index contributed by atoms with van der Waals surface area (Å²) in [5.74, 6) is 0. The van der Waals surface area contributed by atoms with Crippen molar-refractivity contribution in [1.82, 2.24) is 0 Å². The molecule has 0 saturated carbocycles. The summed E-state index contributed by atoms with van der Waals surface area (Å²) in [6.45, 7) is 8.03. The van der Waals surface area contributed by atoms with Crippen molar-refractivity contribution in [1.29, 1.82) is 0 Å². The summed E-state index contributed by atoms with van der Waals surface area (Å²) in [5.41, 5.74) is 3.48. The number of benzene rings is 1. The summed E-state index contributed by atoms with van der Waals surface area (Å²) in [7, 11) is 0. The van der Waals surface area contributed by atoms with E-state index in [1.54, 1.807) is 0 Å². The largest absolute Gasteiger partial charge is 0.257 e. The number of nitrogens with zero attached hydrogens (tertiary/aromatic N) is 1. The SMILES string of the molecule is C=CCC(CCC)=Nc1ccc(Br)cc1C. The number of allylic oxidation sites excluding steroid dienone is 1. The van der Waals surface area contributed by atoms with E-state index in [1.165, 1.54) is 11.3 Å². The second-order valence-corrected chi connectivity index (χ2v) is 4.77. The van der Waals surface area contributed by atoms with Crippen LogP contribution in [0.15, 0.2) is 40.3 Å². The maximum Gasteiger partial charge on any atom is 0.0659 e. The molecule has 0 fully saturated rings. The second-order valence-electron chi connectivity index (χ2n) is 3.85. The Morgan fingerprint density at radius 1 is 1.50 bits per heavy atom. The van der Waals surface area contributed by atoms with Gasteiger partial charge in [0.15, 0.2) is 0 Å². The molecule has 0 radical (unpaired) electrons. The van der Waals surface area contributed by atoms with Gasteiger partial charge < -0.3 is 0 Å². The Kier molecular flexibility index (Phi) is 5.47. The molecule has 1 nitrogen and oxygen atoms in total. The third-order valence-corrected chi connectivity index (χ3v) is 2.85. The molecular weight excluding hydrogens is 262 g/mol. The summed E-state index contributed by atoms with van der Waals surface area (Å²) >= 11 is 3.46. The fourth-order valence-electron chi connectivity index (χ4n) is 1.57. The standard InChI is InChI=1S/C14H18BrN/c1-4-6-13(7-5-2)16-14-9-8-12(15)10-11(14)3/h4,8-10H,1,5-7H2,2-3H3. The third kappa shape index (κ3) is 3.93. The molecule has 0 amide bonds. The summed E-state index contributed by atoms with van der Waals surface area (Å²) in [5, 5.41) is 0. The molecule has 2 heteroatoms. The van der Waals surface area contributed by atoms with E-state index in [0.29, 0.717) is 0 Å². The number of aryl methyl sites for hydroxylation is 1. The maximum absolute atomic E-state index is 4.70. The molecule has 16 heavy (non-hydrogen) atoms. The molecule has 0 N–H and O–H groups in total. The van der Waals surface area contributed by atoms with Gasteiger partial charge in [-0.1, -0.05) is 35.4 Å². The lowest BCUT2D eigenvalue weighted by Crippen LogP contribution is -1.95. The van der Waals surface area contributed by atoms with Gasteiger partial charge >= 0.3 is 0 Å². The van der Waals surface area contributed by atoms with Crippen molar-refractivity contribution < 1.29 is 0 Å². The van der Waals surface area contributed by atoms with Crippen molar-refractivity contribution in [3.8, 4) is 0 Å². The molecule has 1 rings (SSSR count). The highest BCUT2D eigenvalue weighted by molar-refractivity contribution is 9.10. The van der Waals surface area contributed by atoms with Crippen LogP contribution in [-0.2, 0) is 0 Å². The second kappa shape index (κ2) is 6.64. The van der Waals surface area contributed by atoms with E-state index in [2.05, 4.69) is 48.5 Å². The number of aliphatic imine (C=N–C) groups is 1. The van der Waals surface area contributed by atoms with Crippen LogP contribution >= 0.6 is 15.9 Å². The van der Waals surface area contributed by atoms with Crippen LogP contribution in [0.1, 0.15) is 31.7 Å². The number of halogens is 1. The number of rotatable bonds is 5. The zero-order valence-electron chi connectivity index (χ0n) is 9.96. The van der Waals surface area contributed by atoms with Gasteiger partial charge in [0, 0.05) is 16.6 Å². The van der Waals surface area contributed by atoms with E-state index in [9.17, 15) is 0 Å². The molecule has 1 aromatic rings. The van der Waals surface area contributed by atoms with Crippen molar-refractivity contribution in [2.75, 3.05) is 0 Å². The third-order valence-electron chi connectivity index (χ3n) is 2.36. The lowest BCUT2D eigenvalue weighted by molar-refractivity contribution is 0.977. The van der Waals surface area contributed by atoms with E-state index >= 15 is 0 Å². The Morgan fingerprint density at radius 3 is 2.81 bits per heavy atom. The summed E-state index contributed by atoms with van der Waals surface area (Å²) < 4.78 is 1.10.